The van der Waals surface area contributed by atoms with Gasteiger partial charge in [-0.2, -0.15) is 0 Å². The fourth-order valence-electron chi connectivity index (χ4n) is 2.00. The van der Waals surface area contributed by atoms with Gasteiger partial charge in [0, 0.05) is 11.1 Å². The number of thiocarbonyl (C=S) groups is 1. The minimum absolute atomic E-state index is 0.180. The fourth-order valence-corrected chi connectivity index (χ4v) is 2.56. The molecule has 9 heteroatoms. The monoisotopic (exact) mass is 405 g/mol. The molecule has 0 bridgehead atoms. The highest BCUT2D eigenvalue weighted by Crippen LogP contribution is 2.29. The van der Waals surface area contributed by atoms with Crippen molar-refractivity contribution in [2.45, 2.75) is 9.96 Å². The summed E-state index contributed by atoms with van der Waals surface area (Å²) in [5, 5.41) is 10.4. The van der Waals surface area contributed by atoms with E-state index in [1.54, 1.807) is 0 Å². The van der Waals surface area contributed by atoms with E-state index in [1.807, 2.05) is 42.5 Å². The van der Waals surface area contributed by atoms with E-state index in [0.717, 1.165) is 16.5 Å². The quantitative estimate of drug-likeness (QED) is 0.405. The lowest BCUT2D eigenvalue weighted by atomic mass is 10.1. The maximum Gasteiger partial charge on any atom is 0.408 e. The third-order valence-corrected chi connectivity index (χ3v) is 3.96. The molecule has 0 spiro atoms. The summed E-state index contributed by atoms with van der Waals surface area (Å²) in [5.41, 5.74) is 0.784. The molecule has 0 heterocycles. The number of alkyl carbamates (subject to hydrolysis) is 1. The highest BCUT2D eigenvalue weighted by atomic mass is 35.6. The maximum absolute atomic E-state index is 11.4. The summed E-state index contributed by atoms with van der Waals surface area (Å²) in [4.78, 5) is 11.4. The van der Waals surface area contributed by atoms with Crippen LogP contribution in [0.4, 0.5) is 10.5 Å². The molecular formula is C15H14Cl3N3O2S. The molecule has 0 radical (unpaired) electrons. The minimum Gasteiger partial charge on any atom is -0.453 e. The van der Waals surface area contributed by atoms with E-state index >= 15 is 0 Å². The second-order valence-corrected chi connectivity index (χ2v) is 7.51. The summed E-state index contributed by atoms with van der Waals surface area (Å²) in [5.74, 6) is 0. The number of ether oxygens (including phenoxy) is 1. The second-order valence-electron chi connectivity index (χ2n) is 4.74. The Labute approximate surface area is 159 Å². The summed E-state index contributed by atoms with van der Waals surface area (Å²) in [6.07, 6.45) is -1.84. The van der Waals surface area contributed by atoms with Gasteiger partial charge in [0.2, 0.25) is 3.79 Å². The first kappa shape index (κ1) is 18.9. The number of hydrogen-bond acceptors (Lipinski definition) is 3. The average molecular weight is 407 g/mol. The summed E-state index contributed by atoms with van der Waals surface area (Å²) >= 11 is 22.8. The van der Waals surface area contributed by atoms with Crippen molar-refractivity contribution in [2.24, 2.45) is 0 Å². The van der Waals surface area contributed by atoms with E-state index in [2.05, 4.69) is 20.7 Å². The van der Waals surface area contributed by atoms with Crippen LogP contribution in [-0.2, 0) is 4.74 Å². The molecule has 128 valence electrons. The van der Waals surface area contributed by atoms with Crippen LogP contribution in [0.5, 0.6) is 0 Å². The fraction of sp³-hybridized carbons (Fsp3) is 0.200. The molecule has 5 nitrogen and oxygen atoms in total. The van der Waals surface area contributed by atoms with Gasteiger partial charge in [-0.3, -0.25) is 5.32 Å². The Morgan fingerprint density at radius 3 is 2.46 bits per heavy atom. The Bertz CT molecular complexity index is 747. The number of nitrogens with one attached hydrogen (secondary N) is 3. The van der Waals surface area contributed by atoms with E-state index in [0.29, 0.717) is 0 Å². The van der Waals surface area contributed by atoms with Crippen LogP contribution in [0.25, 0.3) is 10.8 Å². The Kier molecular flexibility index (Phi) is 6.34. The van der Waals surface area contributed by atoms with Crippen LogP contribution in [0, 0.1) is 0 Å². The molecule has 0 aromatic heterocycles. The van der Waals surface area contributed by atoms with Gasteiger partial charge in [-0.05, 0) is 23.7 Å². The first-order valence-electron chi connectivity index (χ1n) is 6.77. The van der Waals surface area contributed by atoms with E-state index in [1.165, 1.54) is 7.11 Å². The Morgan fingerprint density at radius 1 is 1.12 bits per heavy atom. The third kappa shape index (κ3) is 5.01. The predicted molar refractivity (Wildman–Crippen MR) is 103 cm³/mol. The zero-order chi connectivity index (χ0) is 17.7. The molecule has 0 aliphatic carbocycles. The largest absolute Gasteiger partial charge is 0.453 e. The normalized spacial score (nSPS) is 12.3. The standard InChI is InChI=1S/C15H14Cl3N3O2S/c1-23-14(22)21-12(15(16,17)18)20-13(24)19-11-8-4-6-9-5-2-3-7-10(9)11/h2-8,12H,1H3,(H,21,22)(H2,19,20,24)/t12-/m0/s1. The van der Waals surface area contributed by atoms with Crippen LogP contribution >= 0.6 is 47.0 Å². The number of alkyl halides is 3. The molecule has 2 aromatic carbocycles. The van der Waals surface area contributed by atoms with Crippen LogP contribution in [0.15, 0.2) is 42.5 Å². The van der Waals surface area contributed by atoms with Gasteiger partial charge in [-0.1, -0.05) is 71.2 Å². The van der Waals surface area contributed by atoms with E-state index in [4.69, 9.17) is 47.0 Å². The van der Waals surface area contributed by atoms with Gasteiger partial charge in [0.25, 0.3) is 0 Å². The first-order chi connectivity index (χ1) is 11.3. The van der Waals surface area contributed by atoms with Crippen molar-refractivity contribution >= 4 is 74.7 Å². The molecule has 1 atom stereocenters. The van der Waals surface area contributed by atoms with E-state index in [9.17, 15) is 4.79 Å². The molecule has 24 heavy (non-hydrogen) atoms. The molecule has 1 amide bonds. The average Bonchev–Trinajstić information content (AvgIpc) is 2.53. The molecule has 0 fully saturated rings. The highest BCUT2D eigenvalue weighted by molar-refractivity contribution is 7.80. The van der Waals surface area contributed by atoms with Crippen molar-refractivity contribution < 1.29 is 9.53 Å². The van der Waals surface area contributed by atoms with Crippen LogP contribution in [0.2, 0.25) is 0 Å². The van der Waals surface area contributed by atoms with Gasteiger partial charge in [-0.15, -0.1) is 0 Å². The Morgan fingerprint density at radius 2 is 1.79 bits per heavy atom. The molecule has 0 saturated carbocycles. The lowest BCUT2D eigenvalue weighted by Gasteiger charge is -2.27. The number of benzene rings is 2. The van der Waals surface area contributed by atoms with E-state index < -0.39 is 16.1 Å². The number of halogens is 3. The van der Waals surface area contributed by atoms with Crippen molar-refractivity contribution in [3.05, 3.63) is 42.5 Å². The number of amides is 1. The number of hydrogen-bond donors (Lipinski definition) is 3. The molecule has 2 rings (SSSR count). The lowest BCUT2D eigenvalue weighted by Crippen LogP contribution is -2.56. The van der Waals surface area contributed by atoms with Crippen LogP contribution in [0.1, 0.15) is 0 Å². The van der Waals surface area contributed by atoms with Crippen molar-refractivity contribution in [1.29, 1.82) is 0 Å². The van der Waals surface area contributed by atoms with Gasteiger partial charge in [0.05, 0.1) is 7.11 Å². The van der Waals surface area contributed by atoms with Gasteiger partial charge in [0.15, 0.2) is 11.3 Å². The number of carbonyl (C=O) groups is 1. The predicted octanol–water partition coefficient (Wildman–Crippen LogP) is 4.18. The molecule has 0 aliphatic heterocycles. The van der Waals surface area contributed by atoms with Crippen molar-refractivity contribution in [2.75, 3.05) is 12.4 Å². The third-order valence-electron chi connectivity index (χ3n) is 3.09. The smallest absolute Gasteiger partial charge is 0.408 e. The zero-order valence-electron chi connectivity index (χ0n) is 12.5. The number of carbonyl (C=O) groups excluding carboxylic acids is 1. The molecule has 0 aliphatic rings. The summed E-state index contributed by atoms with van der Waals surface area (Å²) in [6, 6.07) is 13.6. The zero-order valence-corrected chi connectivity index (χ0v) is 15.6. The maximum atomic E-state index is 11.4. The van der Waals surface area contributed by atoms with Crippen molar-refractivity contribution in [3.63, 3.8) is 0 Å². The number of anilines is 1. The van der Waals surface area contributed by atoms with Crippen molar-refractivity contribution in [1.82, 2.24) is 10.6 Å². The number of rotatable bonds is 3. The van der Waals surface area contributed by atoms with Gasteiger partial charge in [-0.25, -0.2) is 4.79 Å². The molecule has 0 unspecified atom stereocenters. The topological polar surface area (TPSA) is 62.4 Å². The summed E-state index contributed by atoms with van der Waals surface area (Å²) in [7, 11) is 1.21. The molecule has 3 N–H and O–H groups in total. The number of fused-ring (bicyclic) bond motifs is 1. The molecular weight excluding hydrogens is 393 g/mol. The van der Waals surface area contributed by atoms with Crippen LogP contribution in [0.3, 0.4) is 0 Å². The Balaban J connectivity index is 2.14. The summed E-state index contributed by atoms with van der Waals surface area (Å²) < 4.78 is 2.67. The first-order valence-corrected chi connectivity index (χ1v) is 8.32. The number of methoxy groups -OCH3 is 1. The summed E-state index contributed by atoms with van der Waals surface area (Å²) in [6.45, 7) is 0. The van der Waals surface area contributed by atoms with Gasteiger partial charge in [0.1, 0.15) is 0 Å². The second kappa shape index (κ2) is 8.07. The minimum atomic E-state index is -1.83. The van der Waals surface area contributed by atoms with Crippen molar-refractivity contribution in [3.8, 4) is 0 Å². The van der Waals surface area contributed by atoms with Gasteiger partial charge >= 0.3 is 6.09 Å². The lowest BCUT2D eigenvalue weighted by molar-refractivity contribution is 0.166. The van der Waals surface area contributed by atoms with Crippen LogP contribution in [-0.4, -0.2) is 28.3 Å². The van der Waals surface area contributed by atoms with Gasteiger partial charge < -0.3 is 15.4 Å². The highest BCUT2D eigenvalue weighted by Gasteiger charge is 2.35. The Hall–Kier alpha value is -1.47. The SMILES string of the molecule is COC(=O)N[C@H](NC(=S)Nc1cccc2ccccc12)C(Cl)(Cl)Cl. The van der Waals surface area contributed by atoms with E-state index in [-0.39, 0.29) is 5.11 Å². The molecule has 2 aromatic rings. The van der Waals surface area contributed by atoms with Crippen LogP contribution < -0.4 is 16.0 Å². The molecule has 0 saturated heterocycles.